The van der Waals surface area contributed by atoms with Gasteiger partial charge in [-0.2, -0.15) is 0 Å². The molecule has 0 radical (unpaired) electrons. The van der Waals surface area contributed by atoms with E-state index in [1.165, 1.54) is 17.7 Å². The third-order valence-corrected chi connectivity index (χ3v) is 3.71. The molecule has 0 saturated heterocycles. The van der Waals surface area contributed by atoms with Gasteiger partial charge < -0.3 is 5.32 Å². The van der Waals surface area contributed by atoms with E-state index in [2.05, 4.69) is 47.2 Å². The predicted octanol–water partition coefficient (Wildman–Crippen LogP) is 5.00. The van der Waals surface area contributed by atoms with Crippen molar-refractivity contribution in [1.82, 2.24) is 5.32 Å². The molecule has 0 spiro atoms. The molecule has 2 aromatic rings. The number of hydrogen-bond donors (Lipinski definition) is 1. The Kier molecular flexibility index (Phi) is 4.72. The summed E-state index contributed by atoms with van der Waals surface area (Å²) in [4.78, 5) is 0. The van der Waals surface area contributed by atoms with Crippen LogP contribution in [0.4, 0.5) is 4.39 Å². The van der Waals surface area contributed by atoms with Crippen molar-refractivity contribution in [2.45, 2.75) is 25.9 Å². The molecule has 2 aromatic carbocycles. The summed E-state index contributed by atoms with van der Waals surface area (Å²) in [6.45, 7) is 4.21. The second-order valence-corrected chi connectivity index (χ2v) is 5.63. The molecule has 3 heteroatoms. The first-order valence-corrected chi connectivity index (χ1v) is 7.12. The Morgan fingerprint density at radius 2 is 1.58 bits per heavy atom. The van der Waals surface area contributed by atoms with Gasteiger partial charge in [-0.1, -0.05) is 40.2 Å². The van der Waals surface area contributed by atoms with Crippen LogP contribution in [0.3, 0.4) is 0 Å². The van der Waals surface area contributed by atoms with Gasteiger partial charge in [0.2, 0.25) is 0 Å². The van der Waals surface area contributed by atoms with Crippen molar-refractivity contribution in [3.8, 4) is 0 Å². The average molecular weight is 322 g/mol. The fraction of sp³-hybridized carbons (Fsp3) is 0.250. The fourth-order valence-corrected chi connectivity index (χ4v) is 2.51. The summed E-state index contributed by atoms with van der Waals surface area (Å²) >= 11 is 3.48. The van der Waals surface area contributed by atoms with Crippen LogP contribution in [-0.2, 0) is 0 Å². The number of rotatable bonds is 4. The van der Waals surface area contributed by atoms with Gasteiger partial charge >= 0.3 is 0 Å². The largest absolute Gasteiger partial charge is 0.304 e. The molecule has 0 aromatic heterocycles. The molecule has 0 aliphatic carbocycles. The van der Waals surface area contributed by atoms with Crippen LogP contribution in [0.1, 0.15) is 37.1 Å². The highest BCUT2D eigenvalue weighted by Crippen LogP contribution is 2.22. The summed E-state index contributed by atoms with van der Waals surface area (Å²) in [6.07, 6.45) is 0. The first-order chi connectivity index (χ1) is 9.06. The molecule has 0 bridgehead atoms. The highest BCUT2D eigenvalue weighted by atomic mass is 79.9. The van der Waals surface area contributed by atoms with Gasteiger partial charge in [0.25, 0.3) is 0 Å². The Hall–Kier alpha value is -1.19. The first kappa shape index (κ1) is 14.2. The van der Waals surface area contributed by atoms with E-state index < -0.39 is 0 Å². The Labute approximate surface area is 122 Å². The minimum absolute atomic E-state index is 0.176. The van der Waals surface area contributed by atoms with Crippen LogP contribution in [0, 0.1) is 5.82 Å². The van der Waals surface area contributed by atoms with Gasteiger partial charge in [-0.25, -0.2) is 4.39 Å². The monoisotopic (exact) mass is 321 g/mol. The number of halogens is 2. The van der Waals surface area contributed by atoms with Crippen LogP contribution in [-0.4, -0.2) is 0 Å². The van der Waals surface area contributed by atoms with Gasteiger partial charge in [-0.3, -0.25) is 0 Å². The lowest BCUT2D eigenvalue weighted by molar-refractivity contribution is 0.493. The zero-order chi connectivity index (χ0) is 13.8. The minimum Gasteiger partial charge on any atom is -0.304 e. The third kappa shape index (κ3) is 3.88. The number of benzene rings is 2. The fourth-order valence-electron chi connectivity index (χ4n) is 2.09. The van der Waals surface area contributed by atoms with Crippen LogP contribution in [0.25, 0.3) is 0 Å². The topological polar surface area (TPSA) is 12.0 Å². The lowest BCUT2D eigenvalue weighted by Crippen LogP contribution is -2.22. The van der Waals surface area contributed by atoms with Gasteiger partial charge in [0.15, 0.2) is 0 Å². The second kappa shape index (κ2) is 6.31. The molecule has 1 nitrogen and oxygen atoms in total. The maximum atomic E-state index is 12.9. The normalized spacial score (nSPS) is 14.1. The molecule has 0 saturated carbocycles. The molecule has 0 aliphatic heterocycles. The molecule has 0 aliphatic rings. The van der Waals surface area contributed by atoms with E-state index in [9.17, 15) is 4.39 Å². The van der Waals surface area contributed by atoms with Gasteiger partial charge in [0.05, 0.1) is 0 Å². The second-order valence-electron chi connectivity index (χ2n) is 4.72. The van der Waals surface area contributed by atoms with Crippen molar-refractivity contribution in [2.75, 3.05) is 0 Å². The number of nitrogens with one attached hydrogen (secondary N) is 1. The van der Waals surface area contributed by atoms with Gasteiger partial charge in [0, 0.05) is 16.6 Å². The zero-order valence-electron chi connectivity index (χ0n) is 11.0. The van der Waals surface area contributed by atoms with Gasteiger partial charge in [-0.05, 0) is 49.2 Å². The Bertz CT molecular complexity index is 539. The van der Waals surface area contributed by atoms with E-state index in [1.54, 1.807) is 0 Å². The summed E-state index contributed by atoms with van der Waals surface area (Å²) in [5.41, 5.74) is 2.31. The summed E-state index contributed by atoms with van der Waals surface area (Å²) in [6, 6.07) is 15.3. The van der Waals surface area contributed by atoms with Crippen LogP contribution >= 0.6 is 15.9 Å². The lowest BCUT2D eigenvalue weighted by atomic mass is 10.0. The molecular formula is C16H17BrFN. The van der Waals surface area contributed by atoms with Crippen molar-refractivity contribution in [3.05, 3.63) is 69.9 Å². The van der Waals surface area contributed by atoms with Crippen LogP contribution in [0.5, 0.6) is 0 Å². The molecule has 0 heterocycles. The molecule has 1 N–H and O–H groups in total. The van der Waals surface area contributed by atoms with Crippen LogP contribution < -0.4 is 5.32 Å². The van der Waals surface area contributed by atoms with Crippen molar-refractivity contribution >= 4 is 15.9 Å². The van der Waals surface area contributed by atoms with E-state index in [0.717, 1.165) is 10.0 Å². The molecule has 1 unspecified atom stereocenters. The first-order valence-electron chi connectivity index (χ1n) is 6.33. The Balaban J connectivity index is 2.06. The molecule has 100 valence electrons. The maximum Gasteiger partial charge on any atom is 0.123 e. The number of hydrogen-bond acceptors (Lipinski definition) is 1. The highest BCUT2D eigenvalue weighted by Gasteiger charge is 2.11. The summed E-state index contributed by atoms with van der Waals surface area (Å²) in [7, 11) is 0. The van der Waals surface area contributed by atoms with Crippen molar-refractivity contribution < 1.29 is 4.39 Å². The molecule has 19 heavy (non-hydrogen) atoms. The van der Waals surface area contributed by atoms with E-state index in [4.69, 9.17) is 0 Å². The predicted molar refractivity (Wildman–Crippen MR) is 80.5 cm³/mol. The minimum atomic E-state index is -0.198. The van der Waals surface area contributed by atoms with Gasteiger partial charge in [0.1, 0.15) is 5.82 Å². The summed E-state index contributed by atoms with van der Waals surface area (Å²) < 4.78 is 14.0. The molecule has 2 atom stereocenters. The molecule has 0 amide bonds. The zero-order valence-corrected chi connectivity index (χ0v) is 12.6. The highest BCUT2D eigenvalue weighted by molar-refractivity contribution is 9.10. The van der Waals surface area contributed by atoms with Crippen LogP contribution in [0.15, 0.2) is 53.0 Å². The summed E-state index contributed by atoms with van der Waals surface area (Å²) in [5.74, 6) is -0.198. The SMILES string of the molecule is CC(N[C@@H](C)c1cccc(Br)c1)c1ccc(F)cc1. The van der Waals surface area contributed by atoms with Gasteiger partial charge in [-0.15, -0.1) is 0 Å². The average Bonchev–Trinajstić information content (AvgIpc) is 2.39. The summed E-state index contributed by atoms with van der Waals surface area (Å²) in [5, 5.41) is 3.52. The van der Waals surface area contributed by atoms with E-state index in [-0.39, 0.29) is 17.9 Å². The quantitative estimate of drug-likeness (QED) is 0.835. The molecule has 2 rings (SSSR count). The van der Waals surface area contributed by atoms with Crippen LogP contribution in [0.2, 0.25) is 0 Å². The molecular weight excluding hydrogens is 305 g/mol. The van der Waals surface area contributed by atoms with Crippen molar-refractivity contribution in [3.63, 3.8) is 0 Å². The van der Waals surface area contributed by atoms with E-state index in [0.29, 0.717) is 0 Å². The maximum absolute atomic E-state index is 12.9. The smallest absolute Gasteiger partial charge is 0.123 e. The molecule has 0 fully saturated rings. The van der Waals surface area contributed by atoms with Crippen molar-refractivity contribution in [1.29, 1.82) is 0 Å². The Morgan fingerprint density at radius 1 is 0.947 bits per heavy atom. The van der Waals surface area contributed by atoms with Crippen molar-refractivity contribution in [2.24, 2.45) is 0 Å². The Morgan fingerprint density at radius 3 is 2.21 bits per heavy atom. The lowest BCUT2D eigenvalue weighted by Gasteiger charge is -2.21. The standard InChI is InChI=1S/C16H17BrFN/c1-11(13-6-8-16(18)9-7-13)19-12(2)14-4-3-5-15(17)10-14/h3-12,19H,1-2H3/t11?,12-/m0/s1. The third-order valence-electron chi connectivity index (χ3n) is 3.22. The van der Waals surface area contributed by atoms with E-state index >= 15 is 0 Å². The van der Waals surface area contributed by atoms with E-state index in [1.807, 2.05) is 24.3 Å².